The van der Waals surface area contributed by atoms with E-state index < -0.39 is 29.5 Å². The minimum absolute atomic E-state index is 0.0361. The van der Waals surface area contributed by atoms with Gasteiger partial charge in [0.05, 0.1) is 22.7 Å². The molecule has 0 N–H and O–H groups in total. The fourth-order valence-electron chi connectivity index (χ4n) is 0.988. The number of aromatic nitrogens is 1. The van der Waals surface area contributed by atoms with E-state index in [9.17, 15) is 18.0 Å². The monoisotopic (exact) mass is 283 g/mol. The summed E-state index contributed by atoms with van der Waals surface area (Å²) in [5.74, 6) is -2.42. The van der Waals surface area contributed by atoms with Gasteiger partial charge < -0.3 is 4.74 Å². The number of ether oxygens (including phenoxy) is 1. The highest BCUT2D eigenvalue weighted by Crippen LogP contribution is 2.30. The van der Waals surface area contributed by atoms with Gasteiger partial charge in [0.2, 0.25) is 5.95 Å². The van der Waals surface area contributed by atoms with Crippen molar-refractivity contribution >= 4 is 21.9 Å². The Hall–Kier alpha value is -1.11. The number of methoxy groups -OCH3 is 1. The molecule has 0 spiro atoms. The van der Waals surface area contributed by atoms with Crippen molar-refractivity contribution in [2.24, 2.45) is 0 Å². The molecule has 1 aromatic heterocycles. The SMILES string of the molecule is COC(=O)c1c(Br)cnc(F)c1C(F)F. The Morgan fingerprint density at radius 3 is 2.67 bits per heavy atom. The van der Waals surface area contributed by atoms with Crippen LogP contribution in [0.15, 0.2) is 10.7 Å². The number of hydrogen-bond acceptors (Lipinski definition) is 3. The van der Waals surface area contributed by atoms with Crippen molar-refractivity contribution < 1.29 is 22.7 Å². The smallest absolute Gasteiger partial charge is 0.339 e. The van der Waals surface area contributed by atoms with Crippen LogP contribution in [0, 0.1) is 5.95 Å². The van der Waals surface area contributed by atoms with Crippen LogP contribution in [0.5, 0.6) is 0 Å². The van der Waals surface area contributed by atoms with E-state index in [4.69, 9.17) is 0 Å². The summed E-state index contributed by atoms with van der Waals surface area (Å²) < 4.78 is 42.1. The second kappa shape index (κ2) is 4.61. The summed E-state index contributed by atoms with van der Waals surface area (Å²) in [5.41, 5.74) is -1.60. The number of carbonyl (C=O) groups excluding carboxylic acids is 1. The van der Waals surface area contributed by atoms with E-state index in [-0.39, 0.29) is 4.47 Å². The Labute approximate surface area is 91.4 Å². The van der Waals surface area contributed by atoms with Crippen molar-refractivity contribution in [2.45, 2.75) is 6.43 Å². The summed E-state index contributed by atoms with van der Waals surface area (Å²) >= 11 is 2.83. The number of carbonyl (C=O) groups is 1. The van der Waals surface area contributed by atoms with Crippen LogP contribution in [-0.2, 0) is 4.74 Å². The van der Waals surface area contributed by atoms with Crippen LogP contribution in [0.1, 0.15) is 22.3 Å². The average Bonchev–Trinajstić information content (AvgIpc) is 2.19. The minimum Gasteiger partial charge on any atom is -0.465 e. The molecule has 0 amide bonds. The molecule has 0 bridgehead atoms. The lowest BCUT2D eigenvalue weighted by atomic mass is 10.1. The average molecular weight is 284 g/mol. The van der Waals surface area contributed by atoms with E-state index >= 15 is 0 Å². The van der Waals surface area contributed by atoms with E-state index in [0.717, 1.165) is 13.3 Å². The second-order valence-electron chi connectivity index (χ2n) is 2.48. The van der Waals surface area contributed by atoms with Gasteiger partial charge in [0.25, 0.3) is 6.43 Å². The maximum Gasteiger partial charge on any atom is 0.339 e. The molecule has 1 heterocycles. The molecule has 0 aromatic carbocycles. The molecule has 82 valence electrons. The van der Waals surface area contributed by atoms with Gasteiger partial charge >= 0.3 is 5.97 Å². The standard InChI is InChI=1S/C8H5BrF3NO2/c1-15-8(14)4-3(9)2-13-7(12)5(4)6(10)11/h2,6H,1H3. The lowest BCUT2D eigenvalue weighted by Gasteiger charge is -2.08. The predicted molar refractivity (Wildman–Crippen MR) is 48.2 cm³/mol. The summed E-state index contributed by atoms with van der Waals surface area (Å²) in [7, 11) is 1.02. The van der Waals surface area contributed by atoms with Crippen LogP contribution in [-0.4, -0.2) is 18.1 Å². The first-order chi connectivity index (χ1) is 6.99. The van der Waals surface area contributed by atoms with Crippen molar-refractivity contribution in [1.82, 2.24) is 4.98 Å². The summed E-state index contributed by atoms with van der Waals surface area (Å²) in [6.07, 6.45) is -2.21. The predicted octanol–water partition coefficient (Wildman–Crippen LogP) is 2.71. The number of hydrogen-bond donors (Lipinski definition) is 0. The minimum atomic E-state index is -3.14. The number of esters is 1. The normalized spacial score (nSPS) is 10.5. The van der Waals surface area contributed by atoms with Crippen LogP contribution in [0.4, 0.5) is 13.2 Å². The van der Waals surface area contributed by atoms with Gasteiger partial charge in [-0.1, -0.05) is 0 Å². The number of rotatable bonds is 2. The molecule has 0 aliphatic heterocycles. The molecule has 0 unspecified atom stereocenters. The first-order valence-corrected chi connectivity index (χ1v) is 4.48. The highest BCUT2D eigenvalue weighted by molar-refractivity contribution is 9.10. The number of nitrogens with zero attached hydrogens (tertiary/aromatic N) is 1. The summed E-state index contributed by atoms with van der Waals surface area (Å²) in [5, 5.41) is 0. The number of halogens is 4. The van der Waals surface area contributed by atoms with Crippen LogP contribution < -0.4 is 0 Å². The number of pyridine rings is 1. The maximum atomic E-state index is 13.0. The van der Waals surface area contributed by atoms with Gasteiger partial charge in [-0.3, -0.25) is 0 Å². The summed E-state index contributed by atoms with van der Waals surface area (Å²) in [6.45, 7) is 0. The van der Waals surface area contributed by atoms with Crippen molar-refractivity contribution in [2.75, 3.05) is 7.11 Å². The van der Waals surface area contributed by atoms with Crippen LogP contribution >= 0.6 is 15.9 Å². The lowest BCUT2D eigenvalue weighted by Crippen LogP contribution is -2.10. The molecule has 1 aromatic rings. The van der Waals surface area contributed by atoms with E-state index in [1.54, 1.807) is 0 Å². The van der Waals surface area contributed by atoms with E-state index in [0.29, 0.717) is 0 Å². The van der Waals surface area contributed by atoms with E-state index in [1.165, 1.54) is 0 Å². The first kappa shape index (κ1) is 12.0. The molecular weight excluding hydrogens is 279 g/mol. The fraction of sp³-hybridized carbons (Fsp3) is 0.250. The Morgan fingerprint density at radius 2 is 2.20 bits per heavy atom. The van der Waals surface area contributed by atoms with Gasteiger partial charge in [0.1, 0.15) is 0 Å². The zero-order valence-electron chi connectivity index (χ0n) is 7.43. The molecule has 0 aliphatic carbocycles. The molecule has 0 fully saturated rings. The molecule has 0 aliphatic rings. The third kappa shape index (κ3) is 2.28. The third-order valence-electron chi connectivity index (χ3n) is 1.63. The quantitative estimate of drug-likeness (QED) is 0.619. The Bertz CT molecular complexity index is 398. The highest BCUT2D eigenvalue weighted by Gasteiger charge is 2.26. The second-order valence-corrected chi connectivity index (χ2v) is 3.33. The van der Waals surface area contributed by atoms with Crippen molar-refractivity contribution in [3.8, 4) is 0 Å². The highest BCUT2D eigenvalue weighted by atomic mass is 79.9. The van der Waals surface area contributed by atoms with Gasteiger partial charge in [-0.05, 0) is 15.9 Å². The lowest BCUT2D eigenvalue weighted by molar-refractivity contribution is 0.0585. The van der Waals surface area contributed by atoms with Gasteiger partial charge in [0.15, 0.2) is 0 Å². The zero-order valence-corrected chi connectivity index (χ0v) is 9.02. The van der Waals surface area contributed by atoms with E-state index in [1.807, 2.05) is 0 Å². The molecule has 1 rings (SSSR count). The molecule has 0 saturated carbocycles. The largest absolute Gasteiger partial charge is 0.465 e. The molecule has 0 atom stereocenters. The maximum absolute atomic E-state index is 13.0. The molecule has 0 saturated heterocycles. The molecule has 7 heteroatoms. The van der Waals surface area contributed by atoms with Crippen LogP contribution in [0.3, 0.4) is 0 Å². The van der Waals surface area contributed by atoms with Crippen LogP contribution in [0.2, 0.25) is 0 Å². The van der Waals surface area contributed by atoms with Crippen molar-refractivity contribution in [1.29, 1.82) is 0 Å². The number of alkyl halides is 2. The molecule has 3 nitrogen and oxygen atoms in total. The van der Waals surface area contributed by atoms with Crippen LogP contribution in [0.25, 0.3) is 0 Å². The topological polar surface area (TPSA) is 39.2 Å². The first-order valence-electron chi connectivity index (χ1n) is 3.69. The van der Waals surface area contributed by atoms with Gasteiger partial charge in [-0.15, -0.1) is 0 Å². The fourth-order valence-corrected chi connectivity index (χ4v) is 1.47. The Balaban J connectivity index is 3.45. The van der Waals surface area contributed by atoms with Gasteiger partial charge in [-0.25, -0.2) is 18.6 Å². The summed E-state index contributed by atoms with van der Waals surface area (Å²) in [6, 6.07) is 0. The molecule has 0 radical (unpaired) electrons. The van der Waals surface area contributed by atoms with Crippen molar-refractivity contribution in [3.63, 3.8) is 0 Å². The Morgan fingerprint density at radius 1 is 1.60 bits per heavy atom. The zero-order chi connectivity index (χ0) is 11.6. The van der Waals surface area contributed by atoms with Gasteiger partial charge in [-0.2, -0.15) is 4.39 Å². The summed E-state index contributed by atoms with van der Waals surface area (Å²) in [4.78, 5) is 14.2. The molecule has 15 heavy (non-hydrogen) atoms. The van der Waals surface area contributed by atoms with E-state index in [2.05, 4.69) is 25.7 Å². The Kier molecular flexibility index (Phi) is 3.67. The van der Waals surface area contributed by atoms with Crippen molar-refractivity contribution in [3.05, 3.63) is 27.7 Å². The van der Waals surface area contributed by atoms with Gasteiger partial charge in [0, 0.05) is 6.20 Å². The third-order valence-corrected chi connectivity index (χ3v) is 2.23. The molecular formula is C8H5BrF3NO2.